The van der Waals surface area contributed by atoms with E-state index in [2.05, 4.69) is 20.9 Å². The molecule has 0 aromatic rings. The van der Waals surface area contributed by atoms with Crippen molar-refractivity contribution < 1.29 is 34.5 Å². The van der Waals surface area contributed by atoms with Crippen molar-refractivity contribution in [3.8, 4) is 0 Å². The molecule has 0 heterocycles. The number of nitrogens with two attached hydrogens (primary N) is 3. The number of aliphatic carboxylic acids is 1. The summed E-state index contributed by atoms with van der Waals surface area (Å²) in [6.45, 7) is 6.18. The molecule has 14 nitrogen and oxygen atoms in total. The van der Waals surface area contributed by atoms with E-state index in [0.29, 0.717) is 6.42 Å². The second kappa shape index (κ2) is 15.0. The molecule has 0 rings (SSSR count). The first-order valence-corrected chi connectivity index (χ1v) is 11.0. The first-order chi connectivity index (χ1) is 15.7. The fraction of sp³-hybridized carbons (Fsp3) is 0.750. The molecule has 7 unspecified atom stereocenters. The molecule has 3 amide bonds. The molecule has 0 spiro atoms. The van der Waals surface area contributed by atoms with Gasteiger partial charge in [0.15, 0.2) is 5.96 Å². The zero-order valence-corrected chi connectivity index (χ0v) is 20.0. The van der Waals surface area contributed by atoms with Crippen LogP contribution in [0.1, 0.15) is 47.0 Å². The molecule has 0 radical (unpaired) electrons. The van der Waals surface area contributed by atoms with Gasteiger partial charge in [-0.15, -0.1) is 0 Å². The summed E-state index contributed by atoms with van der Waals surface area (Å²) in [4.78, 5) is 53.2. The zero-order valence-electron chi connectivity index (χ0n) is 20.0. The molecule has 0 bridgehead atoms. The summed E-state index contributed by atoms with van der Waals surface area (Å²) in [5.41, 5.74) is 16.0. The second-order valence-corrected chi connectivity index (χ2v) is 8.21. The largest absolute Gasteiger partial charge is 0.480 e. The minimum atomic E-state index is -1.47. The SMILES string of the molecule is CCC(C)C(NC(=O)C(NC(=O)C(N)C(C)O)C(C)O)C(=O)NC(CCCN=C(N)N)C(=O)O. The van der Waals surface area contributed by atoms with Crippen molar-refractivity contribution in [3.63, 3.8) is 0 Å². The van der Waals surface area contributed by atoms with Crippen molar-refractivity contribution in [2.45, 2.75) is 83.3 Å². The molecule has 14 heteroatoms. The van der Waals surface area contributed by atoms with Gasteiger partial charge in [-0.3, -0.25) is 19.4 Å². The standard InChI is InChI=1S/C20H39N7O7/c1-5-9(2)14(17(31)25-12(19(33)34)7-6-8-24-20(22)23)26-18(32)15(11(4)29)27-16(30)13(21)10(3)28/h9-15,28-29H,5-8,21H2,1-4H3,(H,25,31)(H,26,32)(H,27,30)(H,33,34)(H4,22,23,24). The number of nitrogens with one attached hydrogen (secondary N) is 3. The van der Waals surface area contributed by atoms with E-state index < -0.39 is 66.0 Å². The minimum absolute atomic E-state index is 0.0443. The number of nitrogens with zero attached hydrogens (tertiary/aromatic N) is 1. The van der Waals surface area contributed by atoms with Gasteiger partial charge in [0.1, 0.15) is 24.2 Å². The van der Waals surface area contributed by atoms with Gasteiger partial charge in [0.2, 0.25) is 17.7 Å². The second-order valence-electron chi connectivity index (χ2n) is 8.21. The lowest BCUT2D eigenvalue weighted by Crippen LogP contribution is -2.61. The molecule has 34 heavy (non-hydrogen) atoms. The first-order valence-electron chi connectivity index (χ1n) is 11.0. The molecule has 0 aliphatic rings. The number of hydrogen-bond donors (Lipinski definition) is 9. The molecule has 0 saturated heterocycles. The highest BCUT2D eigenvalue weighted by Gasteiger charge is 2.34. The summed E-state index contributed by atoms with van der Waals surface area (Å²) in [6.07, 6.45) is -1.76. The summed E-state index contributed by atoms with van der Waals surface area (Å²) in [6, 6.07) is -5.20. The Labute approximate surface area is 198 Å². The number of rotatable bonds is 15. The van der Waals surface area contributed by atoms with E-state index in [1.807, 2.05) is 0 Å². The highest BCUT2D eigenvalue weighted by Crippen LogP contribution is 2.10. The van der Waals surface area contributed by atoms with E-state index in [1.165, 1.54) is 13.8 Å². The van der Waals surface area contributed by atoms with Crippen molar-refractivity contribution in [2.75, 3.05) is 6.54 Å². The van der Waals surface area contributed by atoms with Gasteiger partial charge < -0.3 is 48.5 Å². The van der Waals surface area contributed by atoms with Gasteiger partial charge in [-0.1, -0.05) is 20.3 Å². The van der Waals surface area contributed by atoms with Crippen LogP contribution >= 0.6 is 0 Å². The molecule has 7 atom stereocenters. The maximum Gasteiger partial charge on any atom is 0.326 e. The lowest BCUT2D eigenvalue weighted by molar-refractivity contribution is -0.143. The smallest absolute Gasteiger partial charge is 0.326 e. The molecule has 0 aliphatic carbocycles. The van der Waals surface area contributed by atoms with Crippen LogP contribution in [0.25, 0.3) is 0 Å². The lowest BCUT2D eigenvalue weighted by atomic mass is 9.96. The Morgan fingerprint density at radius 1 is 0.882 bits per heavy atom. The van der Waals surface area contributed by atoms with Gasteiger partial charge in [0, 0.05) is 6.54 Å². The third kappa shape index (κ3) is 10.8. The number of aliphatic hydroxyl groups excluding tert-OH is 2. The number of hydrogen-bond acceptors (Lipinski definition) is 8. The van der Waals surface area contributed by atoms with Crippen molar-refractivity contribution >= 4 is 29.7 Å². The summed E-state index contributed by atoms with van der Waals surface area (Å²) >= 11 is 0. The monoisotopic (exact) mass is 489 g/mol. The van der Waals surface area contributed by atoms with Crippen molar-refractivity contribution in [3.05, 3.63) is 0 Å². The Balaban J connectivity index is 5.45. The molecule has 0 aromatic carbocycles. The molecule has 196 valence electrons. The lowest BCUT2D eigenvalue weighted by Gasteiger charge is -2.29. The highest BCUT2D eigenvalue weighted by atomic mass is 16.4. The van der Waals surface area contributed by atoms with Crippen molar-refractivity contribution in [1.29, 1.82) is 0 Å². The number of carboxylic acids is 1. The van der Waals surface area contributed by atoms with Crippen LogP contribution < -0.4 is 33.2 Å². The van der Waals surface area contributed by atoms with Gasteiger partial charge in [-0.05, 0) is 32.6 Å². The molecular formula is C20H39N7O7. The Morgan fingerprint density at radius 2 is 1.41 bits per heavy atom. The van der Waals surface area contributed by atoms with Crippen LogP contribution in [0.15, 0.2) is 4.99 Å². The Morgan fingerprint density at radius 3 is 1.85 bits per heavy atom. The van der Waals surface area contributed by atoms with Gasteiger partial charge in [0.05, 0.1) is 12.2 Å². The number of aliphatic imine (C=N–C) groups is 1. The average Bonchev–Trinajstić information content (AvgIpc) is 2.75. The van der Waals surface area contributed by atoms with Crippen LogP contribution in [0, 0.1) is 5.92 Å². The number of carbonyl (C=O) groups excluding carboxylic acids is 3. The van der Waals surface area contributed by atoms with E-state index in [9.17, 15) is 34.5 Å². The number of carbonyl (C=O) groups is 4. The van der Waals surface area contributed by atoms with E-state index in [1.54, 1.807) is 13.8 Å². The molecule has 0 saturated carbocycles. The van der Waals surface area contributed by atoms with E-state index in [0.717, 1.165) is 0 Å². The molecule has 12 N–H and O–H groups in total. The summed E-state index contributed by atoms with van der Waals surface area (Å²) in [7, 11) is 0. The fourth-order valence-corrected chi connectivity index (χ4v) is 2.84. The summed E-state index contributed by atoms with van der Waals surface area (Å²) in [5, 5.41) is 36.0. The molecule has 0 aromatic heterocycles. The van der Waals surface area contributed by atoms with Crippen LogP contribution in [0.4, 0.5) is 0 Å². The maximum absolute atomic E-state index is 12.9. The normalized spacial score (nSPS) is 17.1. The molecule has 0 aliphatic heterocycles. The molecular weight excluding hydrogens is 450 g/mol. The minimum Gasteiger partial charge on any atom is -0.480 e. The highest BCUT2D eigenvalue weighted by molar-refractivity contribution is 5.94. The topological polar surface area (TPSA) is 255 Å². The predicted molar refractivity (Wildman–Crippen MR) is 124 cm³/mol. The number of amides is 3. The van der Waals surface area contributed by atoms with Crippen LogP contribution in [0.3, 0.4) is 0 Å². The molecule has 0 fully saturated rings. The third-order valence-electron chi connectivity index (χ3n) is 5.24. The van der Waals surface area contributed by atoms with Gasteiger partial charge >= 0.3 is 5.97 Å². The summed E-state index contributed by atoms with van der Waals surface area (Å²) < 4.78 is 0. The number of aliphatic hydroxyl groups is 2. The van der Waals surface area contributed by atoms with Crippen LogP contribution in [0.5, 0.6) is 0 Å². The van der Waals surface area contributed by atoms with Gasteiger partial charge in [-0.25, -0.2) is 4.79 Å². The van der Waals surface area contributed by atoms with E-state index >= 15 is 0 Å². The number of guanidine groups is 1. The Hall–Kier alpha value is -2.97. The zero-order chi connectivity index (χ0) is 26.6. The first kappa shape index (κ1) is 31.0. The van der Waals surface area contributed by atoms with Crippen molar-refractivity contribution in [1.82, 2.24) is 16.0 Å². The average molecular weight is 490 g/mol. The van der Waals surface area contributed by atoms with Crippen LogP contribution in [-0.2, 0) is 19.2 Å². The van der Waals surface area contributed by atoms with Gasteiger partial charge in [0.25, 0.3) is 0 Å². The quantitative estimate of drug-likeness (QED) is 0.0629. The fourth-order valence-electron chi connectivity index (χ4n) is 2.84. The van der Waals surface area contributed by atoms with E-state index in [-0.39, 0.29) is 25.3 Å². The van der Waals surface area contributed by atoms with E-state index in [4.69, 9.17) is 17.2 Å². The Kier molecular flexibility index (Phi) is 13.7. The van der Waals surface area contributed by atoms with Crippen LogP contribution in [0.2, 0.25) is 0 Å². The number of carboxylic acid groups (broad SMARTS) is 1. The summed E-state index contributed by atoms with van der Waals surface area (Å²) in [5.74, 6) is -4.30. The van der Waals surface area contributed by atoms with Gasteiger partial charge in [-0.2, -0.15) is 0 Å². The third-order valence-corrected chi connectivity index (χ3v) is 5.24. The predicted octanol–water partition coefficient (Wildman–Crippen LogP) is -3.29. The van der Waals surface area contributed by atoms with Crippen molar-refractivity contribution in [2.24, 2.45) is 28.1 Å². The Bertz CT molecular complexity index is 726. The maximum atomic E-state index is 12.9. The van der Waals surface area contributed by atoms with Crippen LogP contribution in [-0.4, -0.2) is 87.9 Å².